The monoisotopic (exact) mass is 259 g/mol. The van der Waals surface area contributed by atoms with Crippen molar-refractivity contribution >= 4 is 11.7 Å². The average molecular weight is 259 g/mol. The maximum atomic E-state index is 10.6. The SMILES string of the molecule is N#Cc1cc(N2CCC(CCC(=O)O)CC2)ccn1. The van der Waals surface area contributed by atoms with Crippen molar-refractivity contribution in [2.75, 3.05) is 18.0 Å². The van der Waals surface area contributed by atoms with Gasteiger partial charge in [-0.2, -0.15) is 5.26 Å². The molecule has 5 heteroatoms. The van der Waals surface area contributed by atoms with Crippen molar-refractivity contribution in [3.8, 4) is 6.07 Å². The Bertz CT molecular complexity index is 488. The lowest BCUT2D eigenvalue weighted by molar-refractivity contribution is -0.137. The Morgan fingerprint density at radius 2 is 2.26 bits per heavy atom. The first-order chi connectivity index (χ1) is 9.19. The molecule has 2 heterocycles. The van der Waals surface area contributed by atoms with Crippen LogP contribution in [0.1, 0.15) is 31.4 Å². The number of carboxylic acids is 1. The molecular formula is C14H17N3O2. The summed E-state index contributed by atoms with van der Waals surface area (Å²) in [5, 5.41) is 17.5. The number of aliphatic carboxylic acids is 1. The number of anilines is 1. The summed E-state index contributed by atoms with van der Waals surface area (Å²) >= 11 is 0. The van der Waals surface area contributed by atoms with Gasteiger partial charge in [-0.25, -0.2) is 4.98 Å². The summed E-state index contributed by atoms with van der Waals surface area (Å²) in [6.45, 7) is 1.83. The molecule has 1 saturated heterocycles. The van der Waals surface area contributed by atoms with Crippen LogP contribution < -0.4 is 4.90 Å². The second-order valence-corrected chi connectivity index (χ2v) is 4.87. The third-order valence-electron chi connectivity index (χ3n) is 3.60. The van der Waals surface area contributed by atoms with Crippen LogP contribution in [0.4, 0.5) is 5.69 Å². The summed E-state index contributed by atoms with van der Waals surface area (Å²) in [4.78, 5) is 16.7. The van der Waals surface area contributed by atoms with Crippen LogP contribution in [0.15, 0.2) is 18.3 Å². The molecule has 0 radical (unpaired) electrons. The third kappa shape index (κ3) is 3.68. The first-order valence-electron chi connectivity index (χ1n) is 6.52. The first-order valence-corrected chi connectivity index (χ1v) is 6.52. The van der Waals surface area contributed by atoms with E-state index < -0.39 is 5.97 Å². The maximum absolute atomic E-state index is 10.6. The summed E-state index contributed by atoms with van der Waals surface area (Å²) in [6.07, 6.45) is 4.71. The Morgan fingerprint density at radius 1 is 1.53 bits per heavy atom. The predicted octanol–water partition coefficient (Wildman–Crippen LogP) is 2.03. The molecule has 1 fully saturated rings. The standard InChI is InChI=1S/C14H17N3O2/c15-10-12-9-13(3-6-16-12)17-7-4-11(5-8-17)1-2-14(18)19/h3,6,9,11H,1-2,4-5,7-8H2,(H,18,19). The summed E-state index contributed by atoms with van der Waals surface area (Å²) in [7, 11) is 0. The molecule has 0 aromatic carbocycles. The van der Waals surface area contributed by atoms with Gasteiger partial charge in [-0.3, -0.25) is 4.79 Å². The minimum atomic E-state index is -0.713. The van der Waals surface area contributed by atoms with E-state index >= 15 is 0 Å². The molecule has 0 spiro atoms. The molecule has 0 aliphatic carbocycles. The number of pyridine rings is 1. The molecule has 1 aromatic heterocycles. The third-order valence-corrected chi connectivity index (χ3v) is 3.60. The van der Waals surface area contributed by atoms with Gasteiger partial charge in [0.2, 0.25) is 0 Å². The maximum Gasteiger partial charge on any atom is 0.303 e. The molecule has 0 saturated carbocycles. The van der Waals surface area contributed by atoms with Gasteiger partial charge < -0.3 is 10.0 Å². The molecule has 2 rings (SSSR count). The van der Waals surface area contributed by atoms with E-state index in [1.54, 1.807) is 12.3 Å². The number of nitrogens with zero attached hydrogens (tertiary/aromatic N) is 3. The molecule has 0 bridgehead atoms. The second kappa shape index (κ2) is 6.19. The Balaban J connectivity index is 1.89. The van der Waals surface area contributed by atoms with Crippen LogP contribution in [-0.2, 0) is 4.79 Å². The highest BCUT2D eigenvalue weighted by Gasteiger charge is 2.20. The fourth-order valence-electron chi connectivity index (χ4n) is 2.48. The number of hydrogen-bond acceptors (Lipinski definition) is 4. The van der Waals surface area contributed by atoms with E-state index in [1.165, 1.54) is 0 Å². The first kappa shape index (κ1) is 13.3. The number of nitriles is 1. The van der Waals surface area contributed by atoms with Crippen molar-refractivity contribution in [2.24, 2.45) is 5.92 Å². The molecule has 100 valence electrons. The zero-order valence-corrected chi connectivity index (χ0v) is 10.7. The lowest BCUT2D eigenvalue weighted by atomic mass is 9.92. The van der Waals surface area contributed by atoms with E-state index in [9.17, 15) is 4.79 Å². The summed E-state index contributed by atoms with van der Waals surface area (Å²) < 4.78 is 0. The highest BCUT2D eigenvalue weighted by Crippen LogP contribution is 2.26. The fraction of sp³-hybridized carbons (Fsp3) is 0.500. The van der Waals surface area contributed by atoms with Gasteiger partial charge >= 0.3 is 5.97 Å². The van der Waals surface area contributed by atoms with E-state index in [-0.39, 0.29) is 6.42 Å². The highest BCUT2D eigenvalue weighted by molar-refractivity contribution is 5.66. The van der Waals surface area contributed by atoms with Crippen LogP contribution in [0.25, 0.3) is 0 Å². The van der Waals surface area contributed by atoms with Crippen molar-refractivity contribution in [3.63, 3.8) is 0 Å². The van der Waals surface area contributed by atoms with Crippen LogP contribution in [0.5, 0.6) is 0 Å². The largest absolute Gasteiger partial charge is 0.481 e. The smallest absolute Gasteiger partial charge is 0.303 e. The Morgan fingerprint density at radius 3 is 2.89 bits per heavy atom. The minimum absolute atomic E-state index is 0.262. The Hall–Kier alpha value is -2.09. The predicted molar refractivity (Wildman–Crippen MR) is 70.8 cm³/mol. The lowest BCUT2D eigenvalue weighted by Crippen LogP contribution is -2.33. The van der Waals surface area contributed by atoms with Gasteiger partial charge in [0.05, 0.1) is 0 Å². The lowest BCUT2D eigenvalue weighted by Gasteiger charge is -2.33. The van der Waals surface area contributed by atoms with Gasteiger partial charge in [-0.15, -0.1) is 0 Å². The average Bonchev–Trinajstić information content (AvgIpc) is 2.45. The van der Waals surface area contributed by atoms with Gasteiger partial charge in [0, 0.05) is 31.4 Å². The molecule has 0 amide bonds. The number of rotatable bonds is 4. The summed E-state index contributed by atoms with van der Waals surface area (Å²) in [5.74, 6) is -0.208. The van der Waals surface area contributed by atoms with Crippen molar-refractivity contribution < 1.29 is 9.90 Å². The van der Waals surface area contributed by atoms with E-state index in [2.05, 4.69) is 9.88 Å². The van der Waals surface area contributed by atoms with Crippen molar-refractivity contribution in [1.29, 1.82) is 5.26 Å². The zero-order chi connectivity index (χ0) is 13.7. The van der Waals surface area contributed by atoms with E-state index in [0.29, 0.717) is 11.6 Å². The number of carboxylic acid groups (broad SMARTS) is 1. The van der Waals surface area contributed by atoms with Gasteiger partial charge in [-0.1, -0.05) is 0 Å². The number of hydrogen-bond donors (Lipinski definition) is 1. The second-order valence-electron chi connectivity index (χ2n) is 4.87. The van der Waals surface area contributed by atoms with Crippen LogP contribution >= 0.6 is 0 Å². The molecule has 1 aliphatic heterocycles. The van der Waals surface area contributed by atoms with Crippen LogP contribution in [0.2, 0.25) is 0 Å². The topological polar surface area (TPSA) is 77.2 Å². The molecule has 1 N–H and O–H groups in total. The summed E-state index contributed by atoms with van der Waals surface area (Å²) in [6, 6.07) is 5.76. The van der Waals surface area contributed by atoms with Gasteiger partial charge in [0.1, 0.15) is 11.8 Å². The van der Waals surface area contributed by atoms with Gasteiger partial charge in [0.15, 0.2) is 0 Å². The highest BCUT2D eigenvalue weighted by atomic mass is 16.4. The van der Waals surface area contributed by atoms with Crippen LogP contribution in [0, 0.1) is 17.2 Å². The van der Waals surface area contributed by atoms with Crippen molar-refractivity contribution in [1.82, 2.24) is 4.98 Å². The molecule has 19 heavy (non-hydrogen) atoms. The van der Waals surface area contributed by atoms with E-state index in [0.717, 1.165) is 38.0 Å². The fourth-order valence-corrected chi connectivity index (χ4v) is 2.48. The van der Waals surface area contributed by atoms with E-state index in [1.807, 2.05) is 12.1 Å². The number of carbonyl (C=O) groups is 1. The minimum Gasteiger partial charge on any atom is -0.481 e. The zero-order valence-electron chi connectivity index (χ0n) is 10.7. The molecule has 5 nitrogen and oxygen atoms in total. The number of piperidine rings is 1. The van der Waals surface area contributed by atoms with Gasteiger partial charge in [-0.05, 0) is 37.3 Å². The Kier molecular flexibility index (Phi) is 4.35. The normalized spacial score (nSPS) is 16.1. The van der Waals surface area contributed by atoms with Crippen molar-refractivity contribution in [2.45, 2.75) is 25.7 Å². The molecule has 1 aliphatic rings. The molecule has 0 atom stereocenters. The van der Waals surface area contributed by atoms with Gasteiger partial charge in [0.25, 0.3) is 0 Å². The molecular weight excluding hydrogens is 242 g/mol. The Labute approximate surface area is 112 Å². The van der Waals surface area contributed by atoms with Crippen LogP contribution in [-0.4, -0.2) is 29.1 Å². The quantitative estimate of drug-likeness (QED) is 0.895. The van der Waals surface area contributed by atoms with Crippen molar-refractivity contribution in [3.05, 3.63) is 24.0 Å². The van der Waals surface area contributed by atoms with E-state index in [4.69, 9.17) is 10.4 Å². The van der Waals surface area contributed by atoms with Crippen LogP contribution in [0.3, 0.4) is 0 Å². The summed E-state index contributed by atoms with van der Waals surface area (Å²) in [5.41, 5.74) is 1.47. The molecule has 1 aromatic rings. The molecule has 0 unspecified atom stereocenters. The number of aromatic nitrogens is 1.